The van der Waals surface area contributed by atoms with Crippen molar-refractivity contribution in [2.45, 2.75) is 52.9 Å². The Kier molecular flexibility index (Phi) is 6.96. The Morgan fingerprint density at radius 1 is 1.24 bits per heavy atom. The van der Waals surface area contributed by atoms with Crippen LogP contribution in [0.5, 0.6) is 5.75 Å². The summed E-state index contributed by atoms with van der Waals surface area (Å²) in [5.74, 6) is 1.03. The van der Waals surface area contributed by atoms with Crippen molar-refractivity contribution in [3.05, 3.63) is 45.8 Å². The van der Waals surface area contributed by atoms with Gasteiger partial charge in [-0.05, 0) is 61.3 Å². The van der Waals surface area contributed by atoms with E-state index in [1.165, 1.54) is 21.8 Å². The van der Waals surface area contributed by atoms with E-state index in [0.717, 1.165) is 24.8 Å². The molecule has 5 nitrogen and oxygen atoms in total. The zero-order valence-electron chi connectivity index (χ0n) is 17.5. The van der Waals surface area contributed by atoms with E-state index in [1.807, 2.05) is 24.3 Å². The molecule has 0 aliphatic heterocycles. The van der Waals surface area contributed by atoms with Gasteiger partial charge in [0.15, 0.2) is 6.61 Å². The molecule has 0 fully saturated rings. The van der Waals surface area contributed by atoms with Gasteiger partial charge in [-0.2, -0.15) is 0 Å². The van der Waals surface area contributed by atoms with E-state index in [4.69, 9.17) is 9.47 Å². The number of benzene rings is 1. The van der Waals surface area contributed by atoms with Crippen LogP contribution in [0.3, 0.4) is 0 Å². The Labute approximate surface area is 176 Å². The van der Waals surface area contributed by atoms with Crippen molar-refractivity contribution in [1.82, 2.24) is 0 Å². The highest BCUT2D eigenvalue weighted by molar-refractivity contribution is 7.17. The van der Waals surface area contributed by atoms with E-state index in [-0.39, 0.29) is 18.5 Å². The van der Waals surface area contributed by atoms with Crippen LogP contribution in [-0.2, 0) is 22.4 Å². The first-order valence-electron chi connectivity index (χ1n) is 10.2. The van der Waals surface area contributed by atoms with Gasteiger partial charge < -0.3 is 14.8 Å². The second kappa shape index (κ2) is 9.44. The summed E-state index contributed by atoms with van der Waals surface area (Å²) in [5.41, 5.74) is 2.78. The van der Waals surface area contributed by atoms with Gasteiger partial charge >= 0.3 is 5.97 Å². The van der Waals surface area contributed by atoms with Gasteiger partial charge in [-0.3, -0.25) is 4.79 Å². The third-order valence-electron chi connectivity index (χ3n) is 5.16. The van der Waals surface area contributed by atoms with Crippen LogP contribution >= 0.6 is 11.3 Å². The van der Waals surface area contributed by atoms with E-state index in [9.17, 15) is 9.59 Å². The Hall–Kier alpha value is -2.34. The molecular formula is C23H29NO4S. The maximum atomic E-state index is 12.5. The zero-order chi connectivity index (χ0) is 21.0. The molecule has 29 heavy (non-hydrogen) atoms. The summed E-state index contributed by atoms with van der Waals surface area (Å²) in [6.07, 6.45) is 2.82. The molecule has 1 aliphatic rings. The van der Waals surface area contributed by atoms with Gasteiger partial charge in [0.05, 0.1) is 12.2 Å². The van der Waals surface area contributed by atoms with Gasteiger partial charge in [0, 0.05) is 4.88 Å². The van der Waals surface area contributed by atoms with Crippen LogP contribution in [0.25, 0.3) is 0 Å². The number of nitrogens with one attached hydrogen (secondary N) is 1. The number of esters is 1. The molecule has 0 spiro atoms. The Bertz CT molecular complexity index is 870. The van der Waals surface area contributed by atoms with Gasteiger partial charge in [0.2, 0.25) is 0 Å². The molecule has 0 bridgehead atoms. The van der Waals surface area contributed by atoms with E-state index in [0.29, 0.717) is 34.8 Å². The average Bonchev–Trinajstić information content (AvgIpc) is 3.03. The van der Waals surface area contributed by atoms with Crippen LogP contribution in [-0.4, -0.2) is 25.1 Å². The Morgan fingerprint density at radius 3 is 2.62 bits per heavy atom. The monoisotopic (exact) mass is 415 g/mol. The molecule has 6 heteroatoms. The average molecular weight is 416 g/mol. The normalized spacial score (nSPS) is 15.7. The second-order valence-corrected chi connectivity index (χ2v) is 8.94. The summed E-state index contributed by atoms with van der Waals surface area (Å²) in [5, 5.41) is 3.45. The third kappa shape index (κ3) is 5.18. The lowest BCUT2D eigenvalue weighted by atomic mass is 9.88. The first-order valence-corrected chi connectivity index (χ1v) is 11.0. The highest BCUT2D eigenvalue weighted by Gasteiger charge is 2.29. The van der Waals surface area contributed by atoms with Crippen LogP contribution in [0.2, 0.25) is 0 Å². The highest BCUT2D eigenvalue weighted by atomic mass is 32.1. The molecule has 1 aromatic carbocycles. The lowest BCUT2D eigenvalue weighted by molar-refractivity contribution is -0.118. The lowest BCUT2D eigenvalue weighted by Crippen LogP contribution is -2.21. The molecule has 156 valence electrons. The smallest absolute Gasteiger partial charge is 0.341 e. The van der Waals surface area contributed by atoms with Gasteiger partial charge in [-0.15, -0.1) is 11.3 Å². The predicted molar refractivity (Wildman–Crippen MR) is 116 cm³/mol. The Morgan fingerprint density at radius 2 is 1.97 bits per heavy atom. The van der Waals surface area contributed by atoms with Crippen molar-refractivity contribution in [3.63, 3.8) is 0 Å². The van der Waals surface area contributed by atoms with Gasteiger partial charge in [-0.25, -0.2) is 4.79 Å². The number of carbonyl (C=O) groups excluding carboxylic acids is 2. The molecule has 0 saturated heterocycles. The molecular weight excluding hydrogens is 386 g/mol. The largest absolute Gasteiger partial charge is 0.484 e. The van der Waals surface area contributed by atoms with Crippen molar-refractivity contribution < 1.29 is 19.1 Å². The summed E-state index contributed by atoms with van der Waals surface area (Å²) in [4.78, 5) is 26.2. The second-order valence-electron chi connectivity index (χ2n) is 7.84. The molecule has 1 amide bonds. The van der Waals surface area contributed by atoms with Crippen molar-refractivity contribution in [2.24, 2.45) is 5.92 Å². The van der Waals surface area contributed by atoms with E-state index >= 15 is 0 Å². The fourth-order valence-electron chi connectivity index (χ4n) is 3.52. The number of carbonyl (C=O) groups is 2. The minimum absolute atomic E-state index is 0.109. The SMILES string of the molecule is CCOC(=O)c1c(NC(=O)COc2ccc(C(C)C)cc2)sc2c1CCC(C)C2. The first-order chi connectivity index (χ1) is 13.9. The number of amides is 1. The van der Waals surface area contributed by atoms with E-state index in [1.54, 1.807) is 6.92 Å². The first kappa shape index (κ1) is 21.4. The third-order valence-corrected chi connectivity index (χ3v) is 6.33. The van der Waals surface area contributed by atoms with Crippen LogP contribution in [0.15, 0.2) is 24.3 Å². The minimum Gasteiger partial charge on any atom is -0.484 e. The van der Waals surface area contributed by atoms with Crippen LogP contribution < -0.4 is 10.1 Å². The molecule has 1 unspecified atom stereocenters. The number of rotatable bonds is 7. The number of fused-ring (bicyclic) bond motifs is 1. The molecule has 0 saturated carbocycles. The molecule has 0 radical (unpaired) electrons. The quantitative estimate of drug-likeness (QED) is 0.632. The molecule has 1 aliphatic carbocycles. The van der Waals surface area contributed by atoms with Crippen molar-refractivity contribution in [3.8, 4) is 5.75 Å². The zero-order valence-corrected chi connectivity index (χ0v) is 18.4. The predicted octanol–water partition coefficient (Wildman–Crippen LogP) is 5.19. The standard InChI is InChI=1S/C23H29NO4S/c1-5-27-23(26)21-18-11-6-15(4)12-19(18)29-22(21)24-20(25)13-28-17-9-7-16(8-10-17)14(2)3/h7-10,14-15H,5-6,11-13H2,1-4H3,(H,24,25). The van der Waals surface area contributed by atoms with Gasteiger partial charge in [0.25, 0.3) is 5.91 Å². The van der Waals surface area contributed by atoms with Gasteiger partial charge in [0.1, 0.15) is 10.8 Å². The van der Waals surface area contributed by atoms with Crippen molar-refractivity contribution >= 4 is 28.2 Å². The number of thiophene rings is 1. The number of hydrogen-bond acceptors (Lipinski definition) is 5. The molecule has 1 atom stereocenters. The lowest BCUT2D eigenvalue weighted by Gasteiger charge is -2.18. The topological polar surface area (TPSA) is 64.6 Å². The summed E-state index contributed by atoms with van der Waals surface area (Å²) in [6.45, 7) is 8.46. The maximum Gasteiger partial charge on any atom is 0.341 e. The molecule has 3 rings (SSSR count). The minimum atomic E-state index is -0.361. The van der Waals surface area contributed by atoms with Crippen molar-refractivity contribution in [2.75, 3.05) is 18.5 Å². The molecule has 1 heterocycles. The molecule has 1 aromatic heterocycles. The summed E-state index contributed by atoms with van der Waals surface area (Å²) in [6, 6.07) is 7.76. The van der Waals surface area contributed by atoms with Crippen LogP contribution in [0.4, 0.5) is 5.00 Å². The Balaban J connectivity index is 1.70. The maximum absolute atomic E-state index is 12.5. The summed E-state index contributed by atoms with van der Waals surface area (Å²) in [7, 11) is 0. The van der Waals surface area contributed by atoms with E-state index in [2.05, 4.69) is 26.1 Å². The molecule has 2 aromatic rings. The summed E-state index contributed by atoms with van der Waals surface area (Å²) < 4.78 is 10.9. The summed E-state index contributed by atoms with van der Waals surface area (Å²) >= 11 is 1.49. The van der Waals surface area contributed by atoms with Crippen LogP contribution in [0, 0.1) is 5.92 Å². The van der Waals surface area contributed by atoms with Crippen molar-refractivity contribution in [1.29, 1.82) is 0 Å². The van der Waals surface area contributed by atoms with Crippen LogP contribution in [0.1, 0.15) is 66.4 Å². The van der Waals surface area contributed by atoms with Gasteiger partial charge in [-0.1, -0.05) is 32.9 Å². The number of hydrogen-bond donors (Lipinski definition) is 1. The number of anilines is 1. The highest BCUT2D eigenvalue weighted by Crippen LogP contribution is 2.40. The molecule has 1 N–H and O–H groups in total. The fourth-order valence-corrected chi connectivity index (χ4v) is 4.93. The fraction of sp³-hybridized carbons (Fsp3) is 0.478. The number of ether oxygens (including phenoxy) is 2. The van der Waals surface area contributed by atoms with E-state index < -0.39 is 0 Å².